The van der Waals surface area contributed by atoms with Crippen LogP contribution in [0, 0.1) is 0 Å². The molecule has 3 amide bonds. The van der Waals surface area contributed by atoms with Crippen LogP contribution in [0.4, 0.5) is 0 Å². The molecule has 0 N–H and O–H groups in total. The number of hydrogen-bond acceptors (Lipinski definition) is 5. The van der Waals surface area contributed by atoms with Gasteiger partial charge in [-0.05, 0) is 39.8 Å². The Morgan fingerprint density at radius 3 is 2.08 bits per heavy atom. The highest BCUT2D eigenvalue weighted by Gasteiger charge is 2.42. The van der Waals surface area contributed by atoms with Crippen LogP contribution < -0.4 is 0 Å². The van der Waals surface area contributed by atoms with E-state index < -0.39 is 17.9 Å². The summed E-state index contributed by atoms with van der Waals surface area (Å²) in [6.07, 6.45) is 0.0621. The van der Waals surface area contributed by atoms with Gasteiger partial charge in [0.15, 0.2) is 0 Å². The average Bonchev–Trinajstić information content (AvgIpc) is 2.85. The summed E-state index contributed by atoms with van der Waals surface area (Å²) in [4.78, 5) is 52.1. The van der Waals surface area contributed by atoms with Crippen LogP contribution in [0.1, 0.15) is 54.8 Å². The summed E-state index contributed by atoms with van der Waals surface area (Å²) in [5.41, 5.74) is 0.611. The minimum atomic E-state index is -0.952. The zero-order chi connectivity index (χ0) is 19.4. The lowest BCUT2D eigenvalue weighted by Crippen LogP contribution is -2.51. The summed E-state index contributed by atoms with van der Waals surface area (Å²) in [5, 5.41) is 0. The first-order valence-corrected chi connectivity index (χ1v) is 8.72. The van der Waals surface area contributed by atoms with Crippen LogP contribution in [0.2, 0.25) is 0 Å². The summed E-state index contributed by atoms with van der Waals surface area (Å²) in [6, 6.07) is 5.38. The van der Waals surface area contributed by atoms with Gasteiger partial charge in [-0.3, -0.25) is 24.1 Å². The fraction of sp³-hybridized carbons (Fsp3) is 0.474. The predicted molar refractivity (Wildman–Crippen MR) is 94.5 cm³/mol. The molecular formula is C19H24N2O5. The smallest absolute Gasteiger partial charge is 0.307 e. The molecule has 1 aromatic carbocycles. The van der Waals surface area contributed by atoms with Gasteiger partial charge in [-0.25, -0.2) is 0 Å². The van der Waals surface area contributed by atoms with Crippen molar-refractivity contribution in [2.24, 2.45) is 0 Å². The molecule has 7 heteroatoms. The third-order valence-corrected chi connectivity index (χ3v) is 4.34. The number of carbonyl (C=O) groups is 4. The molecule has 0 bridgehead atoms. The van der Waals surface area contributed by atoms with E-state index in [0.717, 1.165) is 4.90 Å². The number of rotatable bonds is 7. The Morgan fingerprint density at radius 2 is 1.62 bits per heavy atom. The summed E-state index contributed by atoms with van der Waals surface area (Å²) in [6.45, 7) is 7.33. The number of nitrogens with zero attached hydrogens (tertiary/aromatic N) is 2. The van der Waals surface area contributed by atoms with Crippen molar-refractivity contribution in [2.75, 3.05) is 13.2 Å². The number of fused-ring (bicyclic) bond motifs is 1. The van der Waals surface area contributed by atoms with Crippen molar-refractivity contribution in [3.63, 3.8) is 0 Å². The van der Waals surface area contributed by atoms with Gasteiger partial charge in [0.25, 0.3) is 11.8 Å². The van der Waals surface area contributed by atoms with Crippen LogP contribution in [0.25, 0.3) is 0 Å². The van der Waals surface area contributed by atoms with Crippen LogP contribution >= 0.6 is 0 Å². The van der Waals surface area contributed by atoms with Gasteiger partial charge in [-0.15, -0.1) is 0 Å². The van der Waals surface area contributed by atoms with E-state index in [4.69, 9.17) is 4.74 Å². The van der Waals surface area contributed by atoms with E-state index in [1.165, 1.54) is 11.8 Å². The third-order valence-electron chi connectivity index (χ3n) is 4.34. The van der Waals surface area contributed by atoms with Crippen LogP contribution in [0.5, 0.6) is 0 Å². The molecule has 0 spiro atoms. The summed E-state index contributed by atoms with van der Waals surface area (Å²) < 4.78 is 4.89. The Hall–Kier alpha value is -2.70. The summed E-state index contributed by atoms with van der Waals surface area (Å²) in [7, 11) is 0. The van der Waals surface area contributed by atoms with Crippen molar-refractivity contribution in [3.8, 4) is 0 Å². The van der Waals surface area contributed by atoms with E-state index in [2.05, 4.69) is 0 Å². The van der Waals surface area contributed by atoms with E-state index >= 15 is 0 Å². The maximum Gasteiger partial charge on any atom is 0.307 e. The van der Waals surface area contributed by atoms with Crippen molar-refractivity contribution in [1.82, 2.24) is 9.80 Å². The lowest BCUT2D eigenvalue weighted by molar-refractivity contribution is -0.145. The Kier molecular flexibility index (Phi) is 6.13. The van der Waals surface area contributed by atoms with E-state index in [-0.39, 0.29) is 37.5 Å². The molecule has 0 saturated heterocycles. The Labute approximate surface area is 152 Å². The Morgan fingerprint density at radius 1 is 1.08 bits per heavy atom. The second-order valence-electron chi connectivity index (χ2n) is 6.38. The van der Waals surface area contributed by atoms with Crippen molar-refractivity contribution in [1.29, 1.82) is 0 Å². The number of imide groups is 1. The summed E-state index contributed by atoms with van der Waals surface area (Å²) >= 11 is 0. The molecule has 1 atom stereocenters. The van der Waals surface area contributed by atoms with E-state index in [1.54, 1.807) is 31.2 Å². The zero-order valence-corrected chi connectivity index (χ0v) is 15.5. The third kappa shape index (κ3) is 3.76. The van der Waals surface area contributed by atoms with Gasteiger partial charge >= 0.3 is 5.97 Å². The molecule has 0 aromatic heterocycles. The molecule has 0 aliphatic carbocycles. The molecule has 1 aliphatic rings. The molecular weight excluding hydrogens is 336 g/mol. The first-order valence-electron chi connectivity index (χ1n) is 8.72. The molecule has 140 valence electrons. The second kappa shape index (κ2) is 8.12. The fourth-order valence-corrected chi connectivity index (χ4v) is 2.98. The quantitative estimate of drug-likeness (QED) is 0.547. The second-order valence-corrected chi connectivity index (χ2v) is 6.38. The number of carbonyl (C=O) groups excluding carboxylic acids is 4. The van der Waals surface area contributed by atoms with Crippen molar-refractivity contribution in [2.45, 2.75) is 46.2 Å². The van der Waals surface area contributed by atoms with Crippen molar-refractivity contribution in [3.05, 3.63) is 35.4 Å². The number of esters is 1. The molecule has 0 radical (unpaired) electrons. The van der Waals surface area contributed by atoms with Gasteiger partial charge in [-0.1, -0.05) is 12.1 Å². The first kappa shape index (κ1) is 19.6. The van der Waals surface area contributed by atoms with E-state index in [1.807, 2.05) is 13.8 Å². The lowest BCUT2D eigenvalue weighted by atomic mass is 10.1. The number of ether oxygens (including phenoxy) is 1. The number of benzene rings is 1. The molecule has 1 unspecified atom stereocenters. The highest BCUT2D eigenvalue weighted by atomic mass is 16.5. The fourth-order valence-electron chi connectivity index (χ4n) is 2.98. The zero-order valence-electron chi connectivity index (χ0n) is 15.5. The number of hydrogen-bond donors (Lipinski definition) is 0. The minimum Gasteiger partial charge on any atom is -0.466 e. The van der Waals surface area contributed by atoms with Crippen LogP contribution in [0.3, 0.4) is 0 Å². The molecule has 1 heterocycles. The molecule has 2 rings (SSSR count). The van der Waals surface area contributed by atoms with E-state index in [0.29, 0.717) is 11.1 Å². The maximum atomic E-state index is 12.9. The summed E-state index contributed by atoms with van der Waals surface area (Å²) in [5.74, 6) is -1.71. The SMILES string of the molecule is CCOC(=O)CCN(C(=O)C(C)N1C(=O)c2ccccc2C1=O)C(C)C. The minimum absolute atomic E-state index is 0.0621. The van der Waals surface area contributed by atoms with Crippen LogP contribution in [-0.4, -0.2) is 58.7 Å². The largest absolute Gasteiger partial charge is 0.466 e. The van der Waals surface area contributed by atoms with Gasteiger partial charge in [0.05, 0.1) is 24.2 Å². The van der Waals surface area contributed by atoms with Gasteiger partial charge in [0, 0.05) is 12.6 Å². The van der Waals surface area contributed by atoms with Gasteiger partial charge in [0.2, 0.25) is 5.91 Å². The molecule has 0 saturated carbocycles. The van der Waals surface area contributed by atoms with Crippen molar-refractivity contribution >= 4 is 23.7 Å². The van der Waals surface area contributed by atoms with Crippen LogP contribution in [0.15, 0.2) is 24.3 Å². The highest BCUT2D eigenvalue weighted by Crippen LogP contribution is 2.25. The van der Waals surface area contributed by atoms with Gasteiger partial charge in [0.1, 0.15) is 6.04 Å². The highest BCUT2D eigenvalue weighted by molar-refractivity contribution is 6.22. The molecule has 26 heavy (non-hydrogen) atoms. The van der Waals surface area contributed by atoms with E-state index in [9.17, 15) is 19.2 Å². The lowest BCUT2D eigenvalue weighted by Gasteiger charge is -2.32. The average molecular weight is 360 g/mol. The Bertz CT molecular complexity index is 693. The molecule has 7 nitrogen and oxygen atoms in total. The van der Waals surface area contributed by atoms with Gasteiger partial charge in [-0.2, -0.15) is 0 Å². The monoisotopic (exact) mass is 360 g/mol. The number of amides is 3. The predicted octanol–water partition coefficient (Wildman–Crippen LogP) is 1.86. The molecule has 1 aliphatic heterocycles. The first-order chi connectivity index (χ1) is 12.3. The molecule has 1 aromatic rings. The topological polar surface area (TPSA) is 84.0 Å². The molecule has 0 fully saturated rings. The van der Waals surface area contributed by atoms with Gasteiger partial charge < -0.3 is 9.64 Å². The maximum absolute atomic E-state index is 12.9. The van der Waals surface area contributed by atoms with Crippen LogP contribution in [-0.2, 0) is 14.3 Å². The van der Waals surface area contributed by atoms with Crippen molar-refractivity contribution < 1.29 is 23.9 Å². The standard InChI is InChI=1S/C19H24N2O5/c1-5-26-16(22)10-11-20(12(2)3)17(23)13(4)21-18(24)14-8-6-7-9-15(14)19(21)25/h6-9,12-13H,5,10-11H2,1-4H3. The normalized spacial score (nSPS) is 14.4. The Balaban J connectivity index is 2.15.